The lowest BCUT2D eigenvalue weighted by Crippen LogP contribution is -2.35. The highest BCUT2D eigenvalue weighted by molar-refractivity contribution is 6.76. The summed E-state index contributed by atoms with van der Waals surface area (Å²) in [4.78, 5) is 22.5. The Morgan fingerprint density at radius 1 is 0.591 bits per heavy atom. The smallest absolute Gasteiger partial charge is 0.272 e. The van der Waals surface area contributed by atoms with Gasteiger partial charge in [0.15, 0.2) is 0 Å². The first-order valence-electron chi connectivity index (χ1n) is 6.75. The lowest BCUT2D eigenvalue weighted by Gasteiger charge is -2.11. The quantitative estimate of drug-likeness (QED) is 0.420. The summed E-state index contributed by atoms with van der Waals surface area (Å²) in [6.07, 6.45) is 5.58. The molecule has 0 unspecified atom stereocenters. The third-order valence-corrected chi connectivity index (χ3v) is 3.72. The van der Waals surface area contributed by atoms with Crippen LogP contribution in [0.2, 0.25) is 0 Å². The van der Waals surface area contributed by atoms with E-state index in [9.17, 15) is 9.59 Å². The number of hydrogen-bond acceptors (Lipinski definition) is 2. The minimum Gasteiger partial charge on any atom is -0.352 e. The molecule has 0 aliphatic rings. The molecule has 0 atom stereocenters. The van der Waals surface area contributed by atoms with E-state index in [1.165, 1.54) is 0 Å². The van der Waals surface area contributed by atoms with Crippen LogP contribution in [0.5, 0.6) is 0 Å². The highest BCUT2D eigenvalue weighted by atomic mass is 35.6. The Balaban J connectivity index is 3.38. The number of carbonyl (C=O) groups excluding carboxylic acids is 2. The predicted molar refractivity (Wildman–Crippen MR) is 94.3 cm³/mol. The number of carbonyl (C=O) groups is 2. The van der Waals surface area contributed by atoms with Crippen LogP contribution in [0, 0.1) is 0 Å². The Bertz CT molecular complexity index is 321. The van der Waals surface area contributed by atoms with Gasteiger partial charge < -0.3 is 10.6 Å². The molecule has 0 fully saturated rings. The maximum Gasteiger partial charge on any atom is 0.272 e. The van der Waals surface area contributed by atoms with Crippen molar-refractivity contribution in [2.45, 2.75) is 46.1 Å². The fourth-order valence-electron chi connectivity index (χ4n) is 1.56. The van der Waals surface area contributed by atoms with E-state index < -0.39 is 19.4 Å². The van der Waals surface area contributed by atoms with E-state index in [4.69, 9.17) is 69.6 Å². The molecule has 0 aromatic heterocycles. The van der Waals surface area contributed by atoms with Crippen molar-refractivity contribution in [1.82, 2.24) is 10.6 Å². The maximum atomic E-state index is 11.2. The Kier molecular flexibility index (Phi) is 11.6. The van der Waals surface area contributed by atoms with Gasteiger partial charge in [0.05, 0.1) is 0 Å². The van der Waals surface area contributed by atoms with E-state index >= 15 is 0 Å². The molecule has 130 valence electrons. The Morgan fingerprint density at radius 2 is 0.864 bits per heavy atom. The largest absolute Gasteiger partial charge is 0.352 e. The molecule has 22 heavy (non-hydrogen) atoms. The molecule has 0 saturated heterocycles. The molecule has 0 radical (unpaired) electrons. The van der Waals surface area contributed by atoms with Gasteiger partial charge in [-0.1, -0.05) is 95.3 Å². The molecule has 4 nitrogen and oxygen atoms in total. The number of halogens is 6. The van der Waals surface area contributed by atoms with Gasteiger partial charge in [-0.25, -0.2) is 0 Å². The molecule has 0 aromatic rings. The minimum atomic E-state index is -1.91. The van der Waals surface area contributed by atoms with Crippen LogP contribution in [0.4, 0.5) is 0 Å². The van der Waals surface area contributed by atoms with Gasteiger partial charge >= 0.3 is 0 Å². The van der Waals surface area contributed by atoms with Gasteiger partial charge in [-0.3, -0.25) is 9.59 Å². The molecule has 0 aliphatic carbocycles. The van der Waals surface area contributed by atoms with Crippen molar-refractivity contribution >= 4 is 81.4 Å². The summed E-state index contributed by atoms with van der Waals surface area (Å²) in [6, 6.07) is 0. The molecule has 10 heteroatoms. The fraction of sp³-hybridized carbons (Fsp3) is 0.833. The zero-order chi connectivity index (χ0) is 17.2. The molecule has 0 aliphatic heterocycles. The van der Waals surface area contributed by atoms with Crippen molar-refractivity contribution in [3.63, 3.8) is 0 Å². The number of rotatable bonds is 9. The van der Waals surface area contributed by atoms with Gasteiger partial charge in [-0.2, -0.15) is 0 Å². The summed E-state index contributed by atoms with van der Waals surface area (Å²) < 4.78 is -3.81. The Hall–Kier alpha value is 0.680. The van der Waals surface area contributed by atoms with Crippen molar-refractivity contribution in [2.24, 2.45) is 0 Å². The second-order valence-corrected chi connectivity index (χ2v) is 9.19. The zero-order valence-corrected chi connectivity index (χ0v) is 16.3. The summed E-state index contributed by atoms with van der Waals surface area (Å²) in [5, 5.41) is 5.08. The Labute approximate surface area is 160 Å². The van der Waals surface area contributed by atoms with E-state index in [0.717, 1.165) is 38.5 Å². The maximum absolute atomic E-state index is 11.2. The van der Waals surface area contributed by atoms with Crippen molar-refractivity contribution in [1.29, 1.82) is 0 Å². The number of hydrogen-bond donors (Lipinski definition) is 2. The Morgan fingerprint density at radius 3 is 1.14 bits per heavy atom. The summed E-state index contributed by atoms with van der Waals surface area (Å²) in [5.74, 6) is -1.22. The first-order valence-corrected chi connectivity index (χ1v) is 9.02. The second-order valence-electron chi connectivity index (χ2n) is 4.63. The van der Waals surface area contributed by atoms with Crippen LogP contribution in [0.3, 0.4) is 0 Å². The number of unbranched alkanes of at least 4 members (excludes halogenated alkanes) is 5. The van der Waals surface area contributed by atoms with E-state index in [2.05, 4.69) is 10.6 Å². The minimum absolute atomic E-state index is 0.478. The van der Waals surface area contributed by atoms with Crippen LogP contribution in [0.25, 0.3) is 0 Å². The average Bonchev–Trinajstić information content (AvgIpc) is 2.38. The van der Waals surface area contributed by atoms with Crippen molar-refractivity contribution in [3.05, 3.63) is 0 Å². The molecule has 2 amide bonds. The van der Waals surface area contributed by atoms with Crippen LogP contribution in [-0.4, -0.2) is 32.5 Å². The molecular formula is C12H18Cl6N2O2. The number of amides is 2. The first-order chi connectivity index (χ1) is 10.0. The summed E-state index contributed by atoms with van der Waals surface area (Å²) in [5.41, 5.74) is 0. The van der Waals surface area contributed by atoms with Gasteiger partial charge in [-0.15, -0.1) is 0 Å². The summed E-state index contributed by atoms with van der Waals surface area (Å²) in [6.45, 7) is 0.956. The number of nitrogens with one attached hydrogen (secondary N) is 2. The topological polar surface area (TPSA) is 58.2 Å². The van der Waals surface area contributed by atoms with Gasteiger partial charge in [0.25, 0.3) is 19.4 Å². The van der Waals surface area contributed by atoms with Crippen molar-refractivity contribution < 1.29 is 9.59 Å². The van der Waals surface area contributed by atoms with E-state index in [1.807, 2.05) is 0 Å². The molecule has 0 saturated carbocycles. The third-order valence-electron chi connectivity index (χ3n) is 2.69. The van der Waals surface area contributed by atoms with Crippen LogP contribution in [0.1, 0.15) is 38.5 Å². The monoisotopic (exact) mass is 432 g/mol. The molecule has 0 bridgehead atoms. The van der Waals surface area contributed by atoms with E-state index in [0.29, 0.717) is 13.1 Å². The fourth-order valence-corrected chi connectivity index (χ4v) is 1.96. The highest BCUT2D eigenvalue weighted by Crippen LogP contribution is 2.26. The van der Waals surface area contributed by atoms with Gasteiger partial charge in [-0.05, 0) is 12.8 Å². The first kappa shape index (κ1) is 22.7. The van der Waals surface area contributed by atoms with Crippen molar-refractivity contribution in [2.75, 3.05) is 13.1 Å². The lowest BCUT2D eigenvalue weighted by molar-refractivity contribution is -0.121. The highest BCUT2D eigenvalue weighted by Gasteiger charge is 2.30. The van der Waals surface area contributed by atoms with Crippen LogP contribution in [-0.2, 0) is 9.59 Å². The van der Waals surface area contributed by atoms with Crippen LogP contribution in [0.15, 0.2) is 0 Å². The van der Waals surface area contributed by atoms with Crippen LogP contribution >= 0.6 is 69.6 Å². The molecule has 0 aromatic carbocycles. The average molecular weight is 435 g/mol. The number of alkyl halides is 6. The predicted octanol–water partition coefficient (Wildman–Crippen LogP) is 4.30. The van der Waals surface area contributed by atoms with E-state index in [-0.39, 0.29) is 0 Å². The lowest BCUT2D eigenvalue weighted by atomic mass is 10.1. The normalized spacial score (nSPS) is 12.1. The van der Waals surface area contributed by atoms with Gasteiger partial charge in [0.2, 0.25) is 0 Å². The zero-order valence-electron chi connectivity index (χ0n) is 11.7. The SMILES string of the molecule is O=C(NCCCCCCCCNC(=O)C(Cl)(Cl)Cl)C(Cl)(Cl)Cl. The third kappa shape index (κ3) is 12.1. The second kappa shape index (κ2) is 11.3. The molecule has 0 heterocycles. The van der Waals surface area contributed by atoms with Crippen LogP contribution < -0.4 is 10.6 Å². The molecule has 0 rings (SSSR count). The summed E-state index contributed by atoms with van der Waals surface area (Å²) >= 11 is 32.5. The standard InChI is InChI=1S/C12H18Cl6N2O2/c13-11(14,15)9(21)19-7-5-3-1-2-4-6-8-20-10(22)12(16,17)18/h1-8H2,(H,19,21)(H,20,22). The molecule has 0 spiro atoms. The van der Waals surface area contributed by atoms with Gasteiger partial charge in [0, 0.05) is 13.1 Å². The van der Waals surface area contributed by atoms with Crippen molar-refractivity contribution in [3.8, 4) is 0 Å². The molecule has 2 N–H and O–H groups in total. The molecular weight excluding hydrogens is 417 g/mol. The summed E-state index contributed by atoms with van der Waals surface area (Å²) in [7, 11) is 0. The van der Waals surface area contributed by atoms with E-state index in [1.54, 1.807) is 0 Å². The van der Waals surface area contributed by atoms with Gasteiger partial charge in [0.1, 0.15) is 0 Å².